The third kappa shape index (κ3) is 5.43. The van der Waals surface area contributed by atoms with E-state index < -0.39 is 41.9 Å². The average molecular weight is 440 g/mol. The minimum Gasteiger partial charge on any atom is -0.409 e. The Balaban J connectivity index is 1.63. The van der Waals surface area contributed by atoms with Gasteiger partial charge in [0.2, 0.25) is 0 Å². The molecule has 0 spiro atoms. The molecule has 0 aliphatic carbocycles. The van der Waals surface area contributed by atoms with E-state index in [1.54, 1.807) is 0 Å². The van der Waals surface area contributed by atoms with Gasteiger partial charge in [0.15, 0.2) is 0 Å². The third-order valence-electron chi connectivity index (χ3n) is 3.61. The fourth-order valence-electron chi connectivity index (χ4n) is 2.49. The maximum atomic E-state index is 13.7. The highest BCUT2D eigenvalue weighted by atomic mass is 19.4. The molecule has 0 unspecified atom stereocenters. The lowest BCUT2D eigenvalue weighted by Crippen LogP contribution is -2.41. The molecule has 162 valence electrons. The van der Waals surface area contributed by atoms with Gasteiger partial charge in [0.25, 0.3) is 0 Å². The van der Waals surface area contributed by atoms with Crippen molar-refractivity contribution in [3.63, 3.8) is 0 Å². The maximum absolute atomic E-state index is 13.7. The second-order valence-corrected chi connectivity index (χ2v) is 5.90. The van der Waals surface area contributed by atoms with Crippen LogP contribution in [-0.2, 0) is 17.4 Å². The number of carbonyl (C=O) groups is 1. The molecule has 0 fully saturated rings. The van der Waals surface area contributed by atoms with Gasteiger partial charge in [0.05, 0.1) is 5.56 Å². The molecule has 3 rings (SSSR count). The van der Waals surface area contributed by atoms with Crippen LogP contribution in [0.2, 0.25) is 0 Å². The van der Waals surface area contributed by atoms with Gasteiger partial charge in [-0.2, -0.15) is 8.78 Å². The zero-order valence-corrected chi connectivity index (χ0v) is 14.5. The van der Waals surface area contributed by atoms with Gasteiger partial charge in [0.1, 0.15) is 11.5 Å². The Morgan fingerprint density at radius 2 is 1.80 bits per heavy atom. The Bertz CT molecular complexity index is 950. The second kappa shape index (κ2) is 7.55. The molecule has 6 nitrogen and oxygen atoms in total. The van der Waals surface area contributed by atoms with Gasteiger partial charge in [-0.25, -0.2) is 9.53 Å². The smallest absolute Gasteiger partial charge is 0.409 e. The molecule has 2 aromatic rings. The van der Waals surface area contributed by atoms with Crippen LogP contribution in [0.1, 0.15) is 11.1 Å². The Morgan fingerprint density at radius 3 is 2.50 bits per heavy atom. The molecule has 0 radical (unpaired) electrons. The maximum Gasteiger partial charge on any atom is 0.573 e. The standard InChI is InChI=1S/C17H11F7N2O4/c18-15(19)12-7-10(4-5-13(12)29-17(23,24)30-15)26-14(27)25-8-9-2-1-3-11(6-9)28-16(20,21)22/h1-7H,8H2,(H2,25,26,27). The summed E-state index contributed by atoms with van der Waals surface area (Å²) in [5, 5.41) is 4.47. The minimum atomic E-state index is -4.88. The van der Waals surface area contributed by atoms with Crippen LogP contribution in [0.15, 0.2) is 42.5 Å². The van der Waals surface area contributed by atoms with Crippen LogP contribution < -0.4 is 20.1 Å². The summed E-state index contributed by atoms with van der Waals surface area (Å²) in [4.78, 5) is 11.9. The van der Waals surface area contributed by atoms with Crippen molar-refractivity contribution in [1.29, 1.82) is 0 Å². The number of halogens is 7. The first-order chi connectivity index (χ1) is 13.8. The van der Waals surface area contributed by atoms with E-state index in [-0.39, 0.29) is 17.8 Å². The summed E-state index contributed by atoms with van der Waals surface area (Å²) >= 11 is 0. The molecule has 1 aliphatic heterocycles. The van der Waals surface area contributed by atoms with E-state index in [1.165, 1.54) is 12.1 Å². The van der Waals surface area contributed by atoms with Crippen molar-refractivity contribution in [3.8, 4) is 11.5 Å². The summed E-state index contributed by atoms with van der Waals surface area (Å²) in [6.45, 7) is -0.222. The Morgan fingerprint density at radius 1 is 1.07 bits per heavy atom. The predicted octanol–water partition coefficient (Wildman–Crippen LogP) is 4.92. The second-order valence-electron chi connectivity index (χ2n) is 5.90. The fraction of sp³-hybridized carbons (Fsp3) is 0.235. The van der Waals surface area contributed by atoms with E-state index in [1.807, 2.05) is 0 Å². The van der Waals surface area contributed by atoms with Crippen molar-refractivity contribution in [2.24, 2.45) is 0 Å². The lowest BCUT2D eigenvalue weighted by molar-refractivity contribution is -0.461. The van der Waals surface area contributed by atoms with Crippen molar-refractivity contribution >= 4 is 11.7 Å². The van der Waals surface area contributed by atoms with Crippen molar-refractivity contribution in [1.82, 2.24) is 5.32 Å². The van der Waals surface area contributed by atoms with Gasteiger partial charge in [-0.1, -0.05) is 12.1 Å². The molecule has 2 aromatic carbocycles. The van der Waals surface area contributed by atoms with Crippen molar-refractivity contribution in [3.05, 3.63) is 53.6 Å². The first-order valence-corrected chi connectivity index (χ1v) is 8.02. The number of ether oxygens (including phenoxy) is 3. The summed E-state index contributed by atoms with van der Waals surface area (Å²) in [7, 11) is 0. The number of alkyl halides is 7. The number of rotatable bonds is 4. The molecule has 0 bridgehead atoms. The first kappa shape index (κ1) is 21.5. The van der Waals surface area contributed by atoms with E-state index in [0.29, 0.717) is 6.07 Å². The predicted molar refractivity (Wildman–Crippen MR) is 86.0 cm³/mol. The van der Waals surface area contributed by atoms with Gasteiger partial charge in [-0.3, -0.25) is 0 Å². The highest BCUT2D eigenvalue weighted by Gasteiger charge is 2.54. The largest absolute Gasteiger partial charge is 0.573 e. The molecule has 2 N–H and O–H groups in total. The number of urea groups is 1. The fourth-order valence-corrected chi connectivity index (χ4v) is 2.49. The van der Waals surface area contributed by atoms with Crippen molar-refractivity contribution < 1.29 is 49.7 Å². The zero-order valence-electron chi connectivity index (χ0n) is 14.5. The van der Waals surface area contributed by atoms with E-state index in [9.17, 15) is 35.5 Å². The molecular weight excluding hydrogens is 429 g/mol. The monoisotopic (exact) mass is 440 g/mol. The summed E-state index contributed by atoms with van der Waals surface area (Å²) in [6, 6.07) is 6.42. The number of hydrogen-bond acceptors (Lipinski definition) is 4. The van der Waals surface area contributed by atoms with Crippen LogP contribution in [0.25, 0.3) is 0 Å². The van der Waals surface area contributed by atoms with Crippen LogP contribution in [0.4, 0.5) is 41.2 Å². The Kier molecular flexibility index (Phi) is 5.41. The molecule has 0 saturated carbocycles. The molecule has 13 heteroatoms. The van der Waals surface area contributed by atoms with Crippen LogP contribution in [0, 0.1) is 0 Å². The van der Waals surface area contributed by atoms with Gasteiger partial charge in [-0.15, -0.1) is 22.0 Å². The van der Waals surface area contributed by atoms with Crippen molar-refractivity contribution in [2.45, 2.75) is 25.3 Å². The molecule has 0 aromatic heterocycles. The highest BCUT2D eigenvalue weighted by molar-refractivity contribution is 5.89. The van der Waals surface area contributed by atoms with Crippen LogP contribution >= 0.6 is 0 Å². The SMILES string of the molecule is O=C(NCc1cccc(OC(F)(F)F)c1)Nc1ccc2c(c1)C(F)(F)OC(F)(F)O2. The van der Waals surface area contributed by atoms with Crippen molar-refractivity contribution in [2.75, 3.05) is 5.32 Å². The molecular formula is C17H11F7N2O4. The van der Waals surface area contributed by atoms with E-state index in [0.717, 1.165) is 24.3 Å². The average Bonchev–Trinajstić information content (AvgIpc) is 2.58. The molecule has 30 heavy (non-hydrogen) atoms. The number of hydrogen-bond donors (Lipinski definition) is 2. The third-order valence-corrected chi connectivity index (χ3v) is 3.61. The molecule has 1 aliphatic rings. The molecule has 0 saturated heterocycles. The summed E-state index contributed by atoms with van der Waals surface area (Å²) in [5.41, 5.74) is -0.964. The molecule has 2 amide bonds. The van der Waals surface area contributed by atoms with Crippen LogP contribution in [-0.4, -0.2) is 18.7 Å². The van der Waals surface area contributed by atoms with Gasteiger partial charge >= 0.3 is 24.8 Å². The van der Waals surface area contributed by atoms with Gasteiger partial charge in [0, 0.05) is 12.2 Å². The van der Waals surface area contributed by atoms with E-state index >= 15 is 0 Å². The van der Waals surface area contributed by atoms with E-state index in [4.69, 9.17) is 0 Å². The number of carbonyl (C=O) groups excluding carboxylic acids is 1. The Hall–Kier alpha value is -3.22. The minimum absolute atomic E-state index is 0.197. The summed E-state index contributed by atoms with van der Waals surface area (Å²) in [5.74, 6) is -1.32. The number of fused-ring (bicyclic) bond motifs is 1. The lowest BCUT2D eigenvalue weighted by atomic mass is 10.1. The Labute approximate surface area is 163 Å². The summed E-state index contributed by atoms with van der Waals surface area (Å²) in [6.07, 6.45) is -13.8. The molecule has 0 atom stereocenters. The number of amides is 2. The quantitative estimate of drug-likeness (QED) is 0.663. The van der Waals surface area contributed by atoms with Crippen LogP contribution in [0.3, 0.4) is 0 Å². The number of benzene rings is 2. The van der Waals surface area contributed by atoms with Gasteiger partial charge < -0.3 is 20.1 Å². The highest BCUT2D eigenvalue weighted by Crippen LogP contribution is 2.46. The normalized spacial score (nSPS) is 16.8. The van der Waals surface area contributed by atoms with Crippen LogP contribution in [0.5, 0.6) is 11.5 Å². The first-order valence-electron chi connectivity index (χ1n) is 8.02. The van der Waals surface area contributed by atoms with Gasteiger partial charge in [-0.05, 0) is 35.9 Å². The zero-order chi connectivity index (χ0) is 22.2. The topological polar surface area (TPSA) is 68.8 Å². The van der Waals surface area contributed by atoms with E-state index in [2.05, 4.69) is 24.8 Å². The lowest BCUT2D eigenvalue weighted by Gasteiger charge is -2.30. The molecule has 1 heterocycles. The number of anilines is 1. The number of nitrogens with one attached hydrogen (secondary N) is 2. The summed E-state index contributed by atoms with van der Waals surface area (Å²) < 4.78 is 101.